The van der Waals surface area contributed by atoms with E-state index in [2.05, 4.69) is 26.5 Å². The molecule has 0 atom stereocenters. The van der Waals surface area contributed by atoms with Crippen LogP contribution in [0, 0.1) is 0 Å². The lowest BCUT2D eigenvalue weighted by molar-refractivity contribution is 0.189. The monoisotopic (exact) mass is 343 g/mol. The van der Waals surface area contributed by atoms with E-state index < -0.39 is 0 Å². The highest BCUT2D eigenvalue weighted by Gasteiger charge is 2.25. The van der Waals surface area contributed by atoms with Crippen molar-refractivity contribution in [3.63, 3.8) is 0 Å². The molecule has 2 aliphatic carbocycles. The van der Waals surface area contributed by atoms with E-state index in [4.69, 9.17) is 0 Å². The summed E-state index contributed by atoms with van der Waals surface area (Å²) >= 11 is 0. The largest absolute Gasteiger partial charge is 0.352 e. The van der Waals surface area contributed by atoms with Crippen LogP contribution in [-0.2, 0) is 12.8 Å². The summed E-state index contributed by atoms with van der Waals surface area (Å²) in [5.74, 6) is 0.976. The number of aromatic nitrogens is 2. The number of fused-ring (bicyclic) bond motifs is 1. The van der Waals surface area contributed by atoms with Gasteiger partial charge >= 0.3 is 6.03 Å². The predicted molar refractivity (Wildman–Crippen MR) is 97.9 cm³/mol. The number of rotatable bonds is 2. The average Bonchev–Trinajstić information content (AvgIpc) is 2.97. The van der Waals surface area contributed by atoms with Crippen LogP contribution in [0.15, 0.2) is 6.07 Å². The second-order valence-corrected chi connectivity index (χ2v) is 7.64. The molecule has 2 fully saturated rings. The minimum atomic E-state index is 0.117. The van der Waals surface area contributed by atoms with Gasteiger partial charge in [-0.05, 0) is 43.7 Å². The first-order chi connectivity index (χ1) is 12.3. The molecule has 0 aromatic carbocycles. The number of piperazine rings is 1. The maximum absolute atomic E-state index is 12.5. The van der Waals surface area contributed by atoms with Crippen molar-refractivity contribution in [3.8, 4) is 0 Å². The first-order valence-electron chi connectivity index (χ1n) is 9.95. The van der Waals surface area contributed by atoms with Crippen molar-refractivity contribution in [2.45, 2.75) is 63.8 Å². The molecule has 0 unspecified atom stereocenters. The molecular weight excluding hydrogens is 314 g/mol. The number of aryl methyl sites for hydroxylation is 2. The Morgan fingerprint density at radius 2 is 1.72 bits per heavy atom. The third-order valence-corrected chi connectivity index (χ3v) is 5.88. The number of hydrogen-bond acceptors (Lipinski definition) is 4. The topological polar surface area (TPSA) is 61.4 Å². The Bertz CT molecular complexity index is 604. The highest BCUT2D eigenvalue weighted by atomic mass is 16.2. The number of nitrogens with one attached hydrogen (secondary N) is 1. The molecule has 136 valence electrons. The fraction of sp³-hybridized carbons (Fsp3) is 0.737. The summed E-state index contributed by atoms with van der Waals surface area (Å²) in [5.41, 5.74) is 2.53. The highest BCUT2D eigenvalue weighted by molar-refractivity contribution is 5.74. The minimum absolute atomic E-state index is 0.117. The van der Waals surface area contributed by atoms with E-state index in [1.165, 1.54) is 43.4 Å². The maximum atomic E-state index is 12.5. The van der Waals surface area contributed by atoms with E-state index in [1.807, 2.05) is 4.90 Å². The molecule has 2 amide bonds. The van der Waals surface area contributed by atoms with Crippen molar-refractivity contribution in [3.05, 3.63) is 17.3 Å². The number of amides is 2. The number of nitrogens with zero attached hydrogens (tertiary/aromatic N) is 4. The molecule has 0 radical (unpaired) electrons. The third-order valence-electron chi connectivity index (χ3n) is 5.88. The summed E-state index contributed by atoms with van der Waals surface area (Å²) in [7, 11) is 0. The van der Waals surface area contributed by atoms with Crippen LogP contribution in [0.1, 0.15) is 56.2 Å². The van der Waals surface area contributed by atoms with E-state index in [-0.39, 0.29) is 6.03 Å². The smallest absolute Gasteiger partial charge is 0.317 e. The van der Waals surface area contributed by atoms with Crippen molar-refractivity contribution >= 4 is 11.8 Å². The number of urea groups is 1. The molecule has 0 spiro atoms. The lowest BCUT2D eigenvalue weighted by atomic mass is 10.1. The zero-order valence-electron chi connectivity index (χ0n) is 15.0. The van der Waals surface area contributed by atoms with Crippen molar-refractivity contribution in [2.24, 2.45) is 0 Å². The number of hydrogen-bond donors (Lipinski definition) is 1. The van der Waals surface area contributed by atoms with E-state index in [1.54, 1.807) is 0 Å². The zero-order valence-corrected chi connectivity index (χ0v) is 15.0. The fourth-order valence-electron chi connectivity index (χ4n) is 4.30. The van der Waals surface area contributed by atoms with Gasteiger partial charge in [-0.15, -0.1) is 5.10 Å². The van der Waals surface area contributed by atoms with E-state index >= 15 is 0 Å². The SMILES string of the molecule is O=C(NC1CCCCCC1)N1CCN(c2cc3c(nn2)CCC3)CC1. The third kappa shape index (κ3) is 3.88. The summed E-state index contributed by atoms with van der Waals surface area (Å²) in [5, 5.41) is 12.1. The number of carbonyl (C=O) groups is 1. The van der Waals surface area contributed by atoms with Crippen molar-refractivity contribution in [1.82, 2.24) is 20.4 Å². The molecule has 1 saturated carbocycles. The van der Waals surface area contributed by atoms with Gasteiger partial charge < -0.3 is 15.1 Å². The van der Waals surface area contributed by atoms with Crippen molar-refractivity contribution < 1.29 is 4.79 Å². The first-order valence-corrected chi connectivity index (χ1v) is 9.95. The zero-order chi connectivity index (χ0) is 17.1. The van der Waals surface area contributed by atoms with Crippen molar-refractivity contribution in [1.29, 1.82) is 0 Å². The molecule has 4 rings (SSSR count). The molecule has 1 N–H and O–H groups in total. The van der Waals surface area contributed by atoms with E-state index in [9.17, 15) is 4.79 Å². The van der Waals surface area contributed by atoms with Gasteiger partial charge in [0, 0.05) is 32.2 Å². The van der Waals surface area contributed by atoms with Gasteiger partial charge in [-0.3, -0.25) is 0 Å². The first kappa shape index (κ1) is 16.6. The second kappa shape index (κ2) is 7.58. The quantitative estimate of drug-likeness (QED) is 0.838. The summed E-state index contributed by atoms with van der Waals surface area (Å²) in [6, 6.07) is 2.69. The van der Waals surface area contributed by atoms with Gasteiger partial charge in [-0.25, -0.2) is 4.79 Å². The summed E-state index contributed by atoms with van der Waals surface area (Å²) < 4.78 is 0. The van der Waals surface area contributed by atoms with Gasteiger partial charge in [0.05, 0.1) is 5.69 Å². The molecule has 25 heavy (non-hydrogen) atoms. The lowest BCUT2D eigenvalue weighted by Crippen LogP contribution is -2.53. The Balaban J connectivity index is 1.29. The molecular formula is C19H29N5O. The molecule has 6 heteroatoms. The Labute approximate surface area is 150 Å². The summed E-state index contributed by atoms with van der Waals surface area (Å²) in [6.07, 6.45) is 10.8. The fourth-order valence-corrected chi connectivity index (χ4v) is 4.30. The van der Waals surface area contributed by atoms with Gasteiger partial charge in [0.15, 0.2) is 5.82 Å². The van der Waals surface area contributed by atoms with E-state index in [0.29, 0.717) is 6.04 Å². The second-order valence-electron chi connectivity index (χ2n) is 7.64. The van der Waals surface area contributed by atoms with Gasteiger partial charge in [0.1, 0.15) is 0 Å². The van der Waals surface area contributed by atoms with Crippen LogP contribution < -0.4 is 10.2 Å². The molecule has 1 aromatic heterocycles. The van der Waals surface area contributed by atoms with Gasteiger partial charge in [-0.1, -0.05) is 25.7 Å². The number of anilines is 1. The molecule has 0 bridgehead atoms. The van der Waals surface area contributed by atoms with Crippen LogP contribution in [0.4, 0.5) is 10.6 Å². The number of carbonyl (C=O) groups excluding carboxylic acids is 1. The summed E-state index contributed by atoms with van der Waals surface area (Å²) in [4.78, 5) is 16.8. The average molecular weight is 343 g/mol. The minimum Gasteiger partial charge on any atom is -0.352 e. The van der Waals surface area contributed by atoms with Crippen LogP contribution in [0.3, 0.4) is 0 Å². The standard InChI is InChI=1S/C19H29N5O/c25-19(20-16-7-3-1-2-4-8-16)24-12-10-23(11-13-24)18-14-15-6-5-9-17(15)21-22-18/h14,16H,1-13H2,(H,20,25). The predicted octanol–water partition coefficient (Wildman–Crippen LogP) is 2.52. The molecule has 1 saturated heterocycles. The summed E-state index contributed by atoms with van der Waals surface area (Å²) in [6.45, 7) is 3.20. The Morgan fingerprint density at radius 1 is 0.960 bits per heavy atom. The molecule has 3 aliphatic rings. The van der Waals surface area contributed by atoms with Crippen LogP contribution in [0.2, 0.25) is 0 Å². The maximum Gasteiger partial charge on any atom is 0.317 e. The molecule has 1 aliphatic heterocycles. The van der Waals surface area contributed by atoms with Crippen molar-refractivity contribution in [2.75, 3.05) is 31.1 Å². The van der Waals surface area contributed by atoms with Gasteiger partial charge in [0.25, 0.3) is 0 Å². The normalized spacial score (nSPS) is 21.8. The molecule has 6 nitrogen and oxygen atoms in total. The molecule has 1 aromatic rings. The lowest BCUT2D eigenvalue weighted by Gasteiger charge is -2.36. The van der Waals surface area contributed by atoms with Crippen LogP contribution in [0.25, 0.3) is 0 Å². The Kier molecular flexibility index (Phi) is 5.04. The Morgan fingerprint density at radius 3 is 2.48 bits per heavy atom. The van der Waals surface area contributed by atoms with E-state index in [0.717, 1.165) is 57.7 Å². The molecule has 2 heterocycles. The van der Waals surface area contributed by atoms with Crippen LogP contribution in [-0.4, -0.2) is 53.3 Å². The Hall–Kier alpha value is -1.85. The van der Waals surface area contributed by atoms with Gasteiger partial charge in [-0.2, -0.15) is 5.10 Å². The van der Waals surface area contributed by atoms with Crippen LogP contribution >= 0.6 is 0 Å². The highest BCUT2D eigenvalue weighted by Crippen LogP contribution is 2.23. The van der Waals surface area contributed by atoms with Gasteiger partial charge in [0.2, 0.25) is 0 Å². The van der Waals surface area contributed by atoms with Crippen LogP contribution in [0.5, 0.6) is 0 Å².